The number of halogens is 4. The fraction of sp³-hybridized carbons (Fsp3) is 0.250. The summed E-state index contributed by atoms with van der Waals surface area (Å²) >= 11 is 5.95. The molecule has 0 atom stereocenters. The van der Waals surface area contributed by atoms with Crippen LogP contribution < -0.4 is 0 Å². The van der Waals surface area contributed by atoms with Gasteiger partial charge in [-0.3, -0.25) is 9.38 Å². The zero-order valence-corrected chi connectivity index (χ0v) is 15.9. The Morgan fingerprint density at radius 2 is 1.79 bits per heavy atom. The van der Waals surface area contributed by atoms with E-state index in [1.165, 1.54) is 12.3 Å². The monoisotopic (exact) mass is 404 g/mol. The van der Waals surface area contributed by atoms with Gasteiger partial charge in [0, 0.05) is 40.7 Å². The lowest BCUT2D eigenvalue weighted by Gasteiger charge is -2.14. The maximum absolute atomic E-state index is 13.6. The number of fused-ring (bicyclic) bond motifs is 3. The van der Waals surface area contributed by atoms with Gasteiger partial charge in [-0.05, 0) is 31.0 Å². The van der Waals surface area contributed by atoms with Crippen molar-refractivity contribution in [3.63, 3.8) is 0 Å². The molecule has 0 saturated heterocycles. The van der Waals surface area contributed by atoms with E-state index in [0.29, 0.717) is 16.5 Å². The van der Waals surface area contributed by atoms with E-state index in [9.17, 15) is 13.2 Å². The summed E-state index contributed by atoms with van der Waals surface area (Å²) in [6.07, 6.45) is 1.27. The second-order valence-electron chi connectivity index (χ2n) is 6.66. The Bertz CT molecular complexity index is 1200. The SMILES string of the molecule is CCCc1cc(C)c(-c2cc3cnc(Cl)cc3n3c(C(F)(F)F)cnc23)cn1. The van der Waals surface area contributed by atoms with Gasteiger partial charge in [0.2, 0.25) is 0 Å². The summed E-state index contributed by atoms with van der Waals surface area (Å²) in [6.45, 7) is 3.99. The molecule has 0 N–H and O–H groups in total. The molecule has 4 aromatic rings. The van der Waals surface area contributed by atoms with E-state index in [1.807, 2.05) is 13.0 Å². The molecule has 0 aliphatic carbocycles. The maximum Gasteiger partial charge on any atom is 0.433 e. The average Bonchev–Trinajstić information content (AvgIpc) is 3.08. The predicted molar refractivity (Wildman–Crippen MR) is 102 cm³/mol. The Kier molecular flexibility index (Phi) is 4.50. The van der Waals surface area contributed by atoms with Crippen LogP contribution in [0.25, 0.3) is 27.7 Å². The molecule has 0 bridgehead atoms. The first kappa shape index (κ1) is 18.7. The van der Waals surface area contributed by atoms with E-state index in [-0.39, 0.29) is 10.8 Å². The van der Waals surface area contributed by atoms with Crippen LogP contribution in [0, 0.1) is 6.92 Å². The third-order valence-electron chi connectivity index (χ3n) is 4.68. The zero-order chi connectivity index (χ0) is 20.1. The van der Waals surface area contributed by atoms with Crippen molar-refractivity contribution in [3.05, 3.63) is 58.9 Å². The molecule has 8 heteroatoms. The van der Waals surface area contributed by atoms with Crippen LogP contribution in [0.5, 0.6) is 0 Å². The third kappa shape index (κ3) is 3.09. The van der Waals surface area contributed by atoms with Gasteiger partial charge >= 0.3 is 6.18 Å². The molecule has 4 aromatic heterocycles. The summed E-state index contributed by atoms with van der Waals surface area (Å²) in [5.74, 6) is 0. The molecule has 0 saturated carbocycles. The highest BCUT2D eigenvalue weighted by Crippen LogP contribution is 2.37. The molecule has 0 aromatic carbocycles. The summed E-state index contributed by atoms with van der Waals surface area (Å²) in [4.78, 5) is 12.6. The van der Waals surface area contributed by atoms with Gasteiger partial charge in [0.1, 0.15) is 16.5 Å². The molecular weight excluding hydrogens is 389 g/mol. The number of aromatic nitrogens is 4. The van der Waals surface area contributed by atoms with Crippen molar-refractivity contribution >= 4 is 28.2 Å². The lowest BCUT2D eigenvalue weighted by atomic mass is 10.0. The van der Waals surface area contributed by atoms with E-state index in [2.05, 4.69) is 21.9 Å². The van der Waals surface area contributed by atoms with E-state index in [1.54, 1.807) is 12.3 Å². The molecule has 4 rings (SSSR count). The number of alkyl halides is 3. The molecule has 4 nitrogen and oxygen atoms in total. The number of rotatable bonds is 3. The van der Waals surface area contributed by atoms with Gasteiger partial charge in [0.15, 0.2) is 0 Å². The van der Waals surface area contributed by atoms with Crippen molar-refractivity contribution in [2.24, 2.45) is 0 Å². The van der Waals surface area contributed by atoms with Crippen LogP contribution in [0.2, 0.25) is 5.15 Å². The van der Waals surface area contributed by atoms with Gasteiger partial charge in [-0.25, -0.2) is 9.97 Å². The van der Waals surface area contributed by atoms with Crippen LogP contribution in [0.4, 0.5) is 13.2 Å². The number of aryl methyl sites for hydroxylation is 2. The second kappa shape index (κ2) is 6.74. The first-order chi connectivity index (χ1) is 13.3. The zero-order valence-electron chi connectivity index (χ0n) is 15.2. The average molecular weight is 405 g/mol. The fourth-order valence-electron chi connectivity index (χ4n) is 3.43. The molecule has 0 aliphatic rings. The lowest BCUT2D eigenvalue weighted by molar-refractivity contribution is -0.141. The Morgan fingerprint density at radius 3 is 2.46 bits per heavy atom. The van der Waals surface area contributed by atoms with Crippen molar-refractivity contribution in [3.8, 4) is 11.1 Å². The minimum absolute atomic E-state index is 0.116. The Morgan fingerprint density at radius 1 is 1.00 bits per heavy atom. The van der Waals surface area contributed by atoms with E-state index in [4.69, 9.17) is 11.6 Å². The predicted octanol–water partition coefficient (Wildman–Crippen LogP) is 5.88. The topological polar surface area (TPSA) is 43.1 Å². The fourth-order valence-corrected chi connectivity index (χ4v) is 3.58. The normalized spacial score (nSPS) is 12.2. The minimum Gasteiger partial charge on any atom is -0.288 e. The van der Waals surface area contributed by atoms with Crippen LogP contribution in [-0.4, -0.2) is 19.4 Å². The van der Waals surface area contributed by atoms with Crippen molar-refractivity contribution in [2.75, 3.05) is 0 Å². The van der Waals surface area contributed by atoms with Crippen molar-refractivity contribution in [2.45, 2.75) is 32.9 Å². The second-order valence-corrected chi connectivity index (χ2v) is 7.05. The van der Waals surface area contributed by atoms with Gasteiger partial charge in [0.25, 0.3) is 0 Å². The van der Waals surface area contributed by atoms with E-state index < -0.39 is 11.9 Å². The van der Waals surface area contributed by atoms with Gasteiger partial charge < -0.3 is 0 Å². The molecule has 0 aliphatic heterocycles. The summed E-state index contributed by atoms with van der Waals surface area (Å²) in [5, 5.41) is 0.651. The maximum atomic E-state index is 13.6. The summed E-state index contributed by atoms with van der Waals surface area (Å²) in [6, 6.07) is 5.16. The van der Waals surface area contributed by atoms with Crippen LogP contribution in [-0.2, 0) is 12.6 Å². The van der Waals surface area contributed by atoms with E-state index >= 15 is 0 Å². The largest absolute Gasteiger partial charge is 0.433 e. The van der Waals surface area contributed by atoms with Gasteiger partial charge in [0.05, 0.1) is 11.7 Å². The number of nitrogens with zero attached hydrogens (tertiary/aromatic N) is 4. The molecule has 0 radical (unpaired) electrons. The van der Waals surface area contributed by atoms with Gasteiger partial charge in [-0.2, -0.15) is 13.2 Å². The van der Waals surface area contributed by atoms with Gasteiger partial charge in [-0.15, -0.1) is 0 Å². The molecule has 144 valence electrons. The molecular formula is C20H16ClF3N4. The highest BCUT2D eigenvalue weighted by molar-refractivity contribution is 6.30. The Labute approximate surface area is 164 Å². The first-order valence-corrected chi connectivity index (χ1v) is 9.16. The van der Waals surface area contributed by atoms with E-state index in [0.717, 1.165) is 40.3 Å². The minimum atomic E-state index is -4.56. The molecule has 28 heavy (non-hydrogen) atoms. The summed E-state index contributed by atoms with van der Waals surface area (Å²) in [5.41, 5.74) is 2.84. The molecule has 0 spiro atoms. The Hall–Kier alpha value is -2.67. The summed E-state index contributed by atoms with van der Waals surface area (Å²) in [7, 11) is 0. The first-order valence-electron chi connectivity index (χ1n) is 8.78. The van der Waals surface area contributed by atoms with Crippen LogP contribution in [0.3, 0.4) is 0 Å². The lowest BCUT2D eigenvalue weighted by Crippen LogP contribution is -2.10. The summed E-state index contributed by atoms with van der Waals surface area (Å²) < 4.78 is 41.9. The van der Waals surface area contributed by atoms with Crippen molar-refractivity contribution < 1.29 is 13.2 Å². The quantitative estimate of drug-likeness (QED) is 0.400. The number of pyridine rings is 3. The molecule has 0 amide bonds. The number of hydrogen-bond acceptors (Lipinski definition) is 3. The molecule has 4 heterocycles. The number of hydrogen-bond donors (Lipinski definition) is 0. The smallest absolute Gasteiger partial charge is 0.288 e. The Balaban J connectivity index is 2.07. The van der Waals surface area contributed by atoms with Crippen LogP contribution in [0.15, 0.2) is 36.8 Å². The van der Waals surface area contributed by atoms with Crippen molar-refractivity contribution in [1.29, 1.82) is 0 Å². The van der Waals surface area contributed by atoms with Crippen molar-refractivity contribution in [1.82, 2.24) is 19.4 Å². The third-order valence-corrected chi connectivity index (χ3v) is 4.88. The van der Waals surface area contributed by atoms with Gasteiger partial charge in [-0.1, -0.05) is 24.9 Å². The highest BCUT2D eigenvalue weighted by Gasteiger charge is 2.35. The number of imidazole rings is 1. The van der Waals surface area contributed by atoms with Crippen LogP contribution >= 0.6 is 11.6 Å². The standard InChI is InChI=1S/C20H16ClF3N4/c1-3-4-13-5-11(2)15(9-25-13)14-6-12-8-26-18(21)7-16(12)28-17(20(22,23)24)10-27-19(14)28/h5-10H,3-4H2,1-2H3. The highest BCUT2D eigenvalue weighted by atomic mass is 35.5. The molecule has 0 fully saturated rings. The molecule has 0 unspecified atom stereocenters. The van der Waals surface area contributed by atoms with Crippen LogP contribution in [0.1, 0.15) is 30.3 Å².